The zero-order valence-electron chi connectivity index (χ0n) is 11.4. The Morgan fingerprint density at radius 3 is 2.89 bits per heavy atom. The minimum absolute atomic E-state index is 0.655. The lowest BCUT2D eigenvalue weighted by Crippen LogP contribution is -2.29. The van der Waals surface area contributed by atoms with Gasteiger partial charge in [0.25, 0.3) is 0 Å². The van der Waals surface area contributed by atoms with Crippen molar-refractivity contribution in [1.29, 1.82) is 0 Å². The minimum Gasteiger partial charge on any atom is -0.368 e. The fourth-order valence-electron chi connectivity index (χ4n) is 3.01. The lowest BCUT2D eigenvalue weighted by atomic mass is 10.1. The SMILES string of the molecule is CC1CC(C)N(c2ccncc2CNC2CC2)C1. The van der Waals surface area contributed by atoms with Crippen LogP contribution in [0.1, 0.15) is 38.7 Å². The molecule has 1 aromatic rings. The molecule has 1 N–H and O–H groups in total. The molecule has 0 radical (unpaired) electrons. The normalized spacial score (nSPS) is 27.8. The standard InChI is InChI=1S/C15H23N3/c1-11-7-12(2)18(10-11)15-5-6-16-8-13(15)9-17-14-3-4-14/h5-6,8,11-12,14,17H,3-4,7,9-10H2,1-2H3. The third-order valence-electron chi connectivity index (χ3n) is 4.13. The summed E-state index contributed by atoms with van der Waals surface area (Å²) in [5.41, 5.74) is 2.74. The quantitative estimate of drug-likeness (QED) is 0.883. The van der Waals surface area contributed by atoms with Gasteiger partial charge in [-0.15, -0.1) is 0 Å². The van der Waals surface area contributed by atoms with Crippen molar-refractivity contribution in [3.63, 3.8) is 0 Å². The number of rotatable bonds is 4. The van der Waals surface area contributed by atoms with Gasteiger partial charge < -0.3 is 10.2 Å². The Balaban J connectivity index is 1.77. The molecule has 0 amide bonds. The van der Waals surface area contributed by atoms with E-state index in [9.17, 15) is 0 Å². The van der Waals surface area contributed by atoms with E-state index >= 15 is 0 Å². The van der Waals surface area contributed by atoms with Gasteiger partial charge in [-0.3, -0.25) is 4.98 Å². The van der Waals surface area contributed by atoms with Gasteiger partial charge in [0, 0.05) is 48.8 Å². The Hall–Kier alpha value is -1.09. The van der Waals surface area contributed by atoms with Crippen molar-refractivity contribution < 1.29 is 0 Å². The molecule has 1 saturated heterocycles. The van der Waals surface area contributed by atoms with E-state index in [1.165, 1.54) is 37.1 Å². The van der Waals surface area contributed by atoms with E-state index in [0.29, 0.717) is 6.04 Å². The second kappa shape index (κ2) is 4.88. The minimum atomic E-state index is 0.655. The highest BCUT2D eigenvalue weighted by molar-refractivity contribution is 5.54. The number of pyridine rings is 1. The number of hydrogen-bond donors (Lipinski definition) is 1. The molecule has 2 heterocycles. The van der Waals surface area contributed by atoms with Crippen LogP contribution in [0.25, 0.3) is 0 Å². The summed E-state index contributed by atoms with van der Waals surface area (Å²) in [7, 11) is 0. The van der Waals surface area contributed by atoms with Gasteiger partial charge in [0.05, 0.1) is 0 Å². The molecule has 1 aromatic heterocycles. The van der Waals surface area contributed by atoms with Crippen molar-refractivity contribution in [2.24, 2.45) is 5.92 Å². The number of hydrogen-bond acceptors (Lipinski definition) is 3. The third-order valence-corrected chi connectivity index (χ3v) is 4.13. The van der Waals surface area contributed by atoms with Crippen LogP contribution in [0, 0.1) is 5.92 Å². The van der Waals surface area contributed by atoms with E-state index in [1.54, 1.807) is 0 Å². The highest BCUT2D eigenvalue weighted by atomic mass is 15.2. The molecular weight excluding hydrogens is 222 g/mol. The maximum Gasteiger partial charge on any atom is 0.0445 e. The van der Waals surface area contributed by atoms with Crippen LogP contribution in [-0.4, -0.2) is 23.6 Å². The van der Waals surface area contributed by atoms with Gasteiger partial charge in [-0.05, 0) is 38.2 Å². The third kappa shape index (κ3) is 2.51. The maximum atomic E-state index is 4.29. The van der Waals surface area contributed by atoms with Crippen molar-refractivity contribution in [2.75, 3.05) is 11.4 Å². The van der Waals surface area contributed by atoms with E-state index in [1.807, 2.05) is 12.4 Å². The van der Waals surface area contributed by atoms with Crippen LogP contribution in [0.3, 0.4) is 0 Å². The monoisotopic (exact) mass is 245 g/mol. The second-order valence-corrected chi connectivity index (χ2v) is 6.00. The molecule has 2 unspecified atom stereocenters. The molecule has 3 heteroatoms. The first-order chi connectivity index (χ1) is 8.74. The molecule has 3 rings (SSSR count). The molecule has 1 aliphatic carbocycles. The van der Waals surface area contributed by atoms with E-state index < -0.39 is 0 Å². The zero-order valence-corrected chi connectivity index (χ0v) is 11.4. The van der Waals surface area contributed by atoms with Crippen LogP contribution in [-0.2, 0) is 6.54 Å². The van der Waals surface area contributed by atoms with Gasteiger partial charge in [0.15, 0.2) is 0 Å². The van der Waals surface area contributed by atoms with Gasteiger partial charge in [-0.25, -0.2) is 0 Å². The predicted octanol–water partition coefficient (Wildman–Crippen LogP) is 2.57. The topological polar surface area (TPSA) is 28.2 Å². The summed E-state index contributed by atoms with van der Waals surface area (Å²) >= 11 is 0. The van der Waals surface area contributed by atoms with Crippen molar-refractivity contribution in [1.82, 2.24) is 10.3 Å². The van der Waals surface area contributed by atoms with E-state index in [0.717, 1.165) is 18.5 Å². The number of anilines is 1. The Morgan fingerprint density at radius 1 is 1.39 bits per heavy atom. The van der Waals surface area contributed by atoms with Crippen LogP contribution in [0.15, 0.2) is 18.5 Å². The molecule has 2 aliphatic rings. The van der Waals surface area contributed by atoms with Crippen LogP contribution < -0.4 is 10.2 Å². The summed E-state index contributed by atoms with van der Waals surface area (Å²) in [5, 5.41) is 3.60. The average molecular weight is 245 g/mol. The van der Waals surface area contributed by atoms with Gasteiger partial charge in [0.1, 0.15) is 0 Å². The summed E-state index contributed by atoms with van der Waals surface area (Å²) in [6, 6.07) is 3.59. The number of nitrogens with zero attached hydrogens (tertiary/aromatic N) is 2. The predicted molar refractivity (Wildman–Crippen MR) is 74.7 cm³/mol. The first kappa shape index (κ1) is 12.0. The zero-order chi connectivity index (χ0) is 12.5. The Bertz CT molecular complexity index is 414. The molecule has 1 saturated carbocycles. The Morgan fingerprint density at radius 2 is 2.22 bits per heavy atom. The van der Waals surface area contributed by atoms with Crippen LogP contribution in [0.4, 0.5) is 5.69 Å². The molecule has 98 valence electrons. The fraction of sp³-hybridized carbons (Fsp3) is 0.667. The van der Waals surface area contributed by atoms with Crippen LogP contribution in [0.2, 0.25) is 0 Å². The number of aromatic nitrogens is 1. The summed E-state index contributed by atoms with van der Waals surface area (Å²) in [6.45, 7) is 6.83. The lowest BCUT2D eigenvalue weighted by Gasteiger charge is -2.26. The largest absolute Gasteiger partial charge is 0.368 e. The van der Waals surface area contributed by atoms with Gasteiger partial charge in [-0.2, -0.15) is 0 Å². The van der Waals surface area contributed by atoms with Crippen molar-refractivity contribution in [3.05, 3.63) is 24.0 Å². The smallest absolute Gasteiger partial charge is 0.0445 e. The molecule has 18 heavy (non-hydrogen) atoms. The molecule has 0 aromatic carbocycles. The van der Waals surface area contributed by atoms with E-state index in [4.69, 9.17) is 0 Å². The van der Waals surface area contributed by atoms with Crippen molar-refractivity contribution in [2.45, 2.75) is 51.7 Å². The number of nitrogens with one attached hydrogen (secondary N) is 1. The highest BCUT2D eigenvalue weighted by Gasteiger charge is 2.28. The average Bonchev–Trinajstić information content (AvgIpc) is 3.12. The maximum absolute atomic E-state index is 4.29. The fourth-order valence-corrected chi connectivity index (χ4v) is 3.01. The van der Waals surface area contributed by atoms with E-state index in [2.05, 4.69) is 35.1 Å². The van der Waals surface area contributed by atoms with E-state index in [-0.39, 0.29) is 0 Å². The first-order valence-corrected chi connectivity index (χ1v) is 7.17. The van der Waals surface area contributed by atoms with Crippen molar-refractivity contribution >= 4 is 5.69 Å². The van der Waals surface area contributed by atoms with Gasteiger partial charge >= 0.3 is 0 Å². The van der Waals surface area contributed by atoms with Gasteiger partial charge in [0.2, 0.25) is 0 Å². The second-order valence-electron chi connectivity index (χ2n) is 6.00. The molecule has 0 bridgehead atoms. The summed E-state index contributed by atoms with van der Waals surface area (Å²) in [6.07, 6.45) is 7.93. The Labute approximate surface area is 110 Å². The molecular formula is C15H23N3. The lowest BCUT2D eigenvalue weighted by molar-refractivity contribution is 0.625. The summed E-state index contributed by atoms with van der Waals surface area (Å²) < 4.78 is 0. The molecule has 3 nitrogen and oxygen atoms in total. The Kier molecular flexibility index (Phi) is 3.25. The summed E-state index contributed by atoms with van der Waals surface area (Å²) in [4.78, 5) is 6.84. The van der Waals surface area contributed by atoms with Crippen LogP contribution >= 0.6 is 0 Å². The molecule has 2 fully saturated rings. The highest BCUT2D eigenvalue weighted by Crippen LogP contribution is 2.31. The first-order valence-electron chi connectivity index (χ1n) is 7.17. The summed E-state index contributed by atoms with van der Waals surface area (Å²) in [5.74, 6) is 0.803. The van der Waals surface area contributed by atoms with Crippen LogP contribution in [0.5, 0.6) is 0 Å². The molecule has 2 atom stereocenters. The van der Waals surface area contributed by atoms with Gasteiger partial charge in [-0.1, -0.05) is 6.92 Å². The van der Waals surface area contributed by atoms with Crippen molar-refractivity contribution in [3.8, 4) is 0 Å². The molecule has 1 aliphatic heterocycles. The molecule has 0 spiro atoms.